The standard InChI is InChI=1S/C18H22N4O3/c1-11(23)21(2)17-7-13-9-19-14(8-16(13)25-17)18(24)20-15-10-22-5-3-12(15)4-6-22/h7-9,12,15H,3-6,10H2,1-2H3,(H,20,24). The quantitative estimate of drug-likeness (QED) is 0.917. The van der Waals surface area contributed by atoms with Crippen molar-refractivity contribution in [3.63, 3.8) is 0 Å². The number of furan rings is 1. The highest BCUT2D eigenvalue weighted by Crippen LogP contribution is 2.28. The molecule has 2 aromatic rings. The van der Waals surface area contributed by atoms with Gasteiger partial charge in [-0.3, -0.25) is 19.5 Å². The van der Waals surface area contributed by atoms with Crippen LogP contribution in [-0.2, 0) is 4.79 Å². The average Bonchev–Trinajstić information content (AvgIpc) is 3.05. The number of carbonyl (C=O) groups excluding carboxylic acids is 2. The number of carbonyl (C=O) groups is 2. The first-order valence-corrected chi connectivity index (χ1v) is 8.68. The van der Waals surface area contributed by atoms with Gasteiger partial charge in [0.05, 0.1) is 0 Å². The topological polar surface area (TPSA) is 78.7 Å². The highest BCUT2D eigenvalue weighted by molar-refractivity contribution is 5.97. The Kier molecular flexibility index (Phi) is 3.95. The van der Waals surface area contributed by atoms with Gasteiger partial charge >= 0.3 is 0 Å². The Bertz CT molecular complexity index is 823. The number of piperidine rings is 3. The number of anilines is 1. The van der Waals surface area contributed by atoms with Crippen LogP contribution in [0, 0.1) is 5.92 Å². The molecule has 5 heterocycles. The van der Waals surface area contributed by atoms with Gasteiger partial charge in [-0.2, -0.15) is 0 Å². The maximum atomic E-state index is 12.6. The summed E-state index contributed by atoms with van der Waals surface area (Å²) in [5, 5.41) is 3.90. The lowest BCUT2D eigenvalue weighted by molar-refractivity contribution is -0.116. The maximum Gasteiger partial charge on any atom is 0.270 e. The first-order chi connectivity index (χ1) is 12.0. The summed E-state index contributed by atoms with van der Waals surface area (Å²) in [5.41, 5.74) is 0.896. The van der Waals surface area contributed by atoms with E-state index in [2.05, 4.69) is 15.2 Å². The highest BCUT2D eigenvalue weighted by Gasteiger charge is 2.35. The lowest BCUT2D eigenvalue weighted by Gasteiger charge is -2.44. The SMILES string of the molecule is CC(=O)N(C)c1cc2cnc(C(=O)NC3CN4CCC3CC4)cc2o1. The molecule has 0 spiro atoms. The number of rotatable bonds is 3. The van der Waals surface area contributed by atoms with E-state index < -0.39 is 0 Å². The Balaban J connectivity index is 1.52. The molecular weight excluding hydrogens is 320 g/mol. The molecule has 5 rings (SSSR count). The molecule has 0 aromatic carbocycles. The number of fused-ring (bicyclic) bond motifs is 4. The predicted molar refractivity (Wildman–Crippen MR) is 93.5 cm³/mol. The van der Waals surface area contributed by atoms with Gasteiger partial charge in [-0.15, -0.1) is 0 Å². The molecule has 2 amide bonds. The van der Waals surface area contributed by atoms with E-state index in [1.807, 2.05) is 0 Å². The Morgan fingerprint density at radius 3 is 2.72 bits per heavy atom. The van der Waals surface area contributed by atoms with Crippen molar-refractivity contribution in [3.05, 3.63) is 24.0 Å². The number of hydrogen-bond donors (Lipinski definition) is 1. The summed E-state index contributed by atoms with van der Waals surface area (Å²) >= 11 is 0. The highest BCUT2D eigenvalue weighted by atomic mass is 16.4. The molecule has 132 valence electrons. The second-order valence-corrected chi connectivity index (χ2v) is 6.99. The zero-order valence-corrected chi connectivity index (χ0v) is 14.5. The van der Waals surface area contributed by atoms with Crippen molar-refractivity contribution in [2.45, 2.75) is 25.8 Å². The number of pyridine rings is 1. The van der Waals surface area contributed by atoms with Crippen LogP contribution in [0.2, 0.25) is 0 Å². The van der Waals surface area contributed by atoms with Gasteiger partial charge in [0, 0.05) is 50.3 Å². The molecule has 0 saturated carbocycles. The first kappa shape index (κ1) is 16.1. The minimum atomic E-state index is -0.168. The second-order valence-electron chi connectivity index (χ2n) is 6.99. The van der Waals surface area contributed by atoms with Gasteiger partial charge in [0.2, 0.25) is 11.8 Å². The minimum Gasteiger partial charge on any atom is -0.440 e. The molecule has 2 aromatic heterocycles. The van der Waals surface area contributed by atoms with Crippen LogP contribution < -0.4 is 10.2 Å². The van der Waals surface area contributed by atoms with Crippen molar-refractivity contribution < 1.29 is 14.0 Å². The summed E-state index contributed by atoms with van der Waals surface area (Å²) in [4.78, 5) is 32.1. The van der Waals surface area contributed by atoms with E-state index in [1.54, 1.807) is 25.4 Å². The lowest BCUT2D eigenvalue weighted by atomic mass is 9.84. The largest absolute Gasteiger partial charge is 0.440 e. The van der Waals surface area contributed by atoms with Gasteiger partial charge < -0.3 is 14.6 Å². The Morgan fingerprint density at radius 1 is 1.32 bits per heavy atom. The van der Waals surface area contributed by atoms with Gasteiger partial charge in [-0.1, -0.05) is 0 Å². The van der Waals surface area contributed by atoms with E-state index in [0.29, 0.717) is 23.1 Å². The third-order valence-electron chi connectivity index (χ3n) is 5.40. The molecule has 1 N–H and O–H groups in total. The van der Waals surface area contributed by atoms with Crippen LogP contribution in [0.5, 0.6) is 0 Å². The predicted octanol–water partition coefficient (Wildman–Crippen LogP) is 1.63. The van der Waals surface area contributed by atoms with Crippen molar-refractivity contribution >= 4 is 28.7 Å². The fourth-order valence-corrected chi connectivity index (χ4v) is 3.73. The molecule has 2 bridgehead atoms. The third kappa shape index (κ3) is 3.00. The Hall–Kier alpha value is -2.41. The molecular formula is C18H22N4O3. The van der Waals surface area contributed by atoms with Crippen molar-refractivity contribution in [3.8, 4) is 0 Å². The van der Waals surface area contributed by atoms with E-state index in [-0.39, 0.29) is 17.9 Å². The summed E-state index contributed by atoms with van der Waals surface area (Å²) in [6, 6.07) is 3.59. The van der Waals surface area contributed by atoms with Crippen LogP contribution in [-0.4, -0.2) is 54.4 Å². The molecule has 25 heavy (non-hydrogen) atoms. The number of hydrogen-bond acceptors (Lipinski definition) is 5. The molecule has 1 atom stereocenters. The van der Waals surface area contributed by atoms with Crippen LogP contribution in [0.15, 0.2) is 22.7 Å². The lowest BCUT2D eigenvalue weighted by Crippen LogP contribution is -2.57. The second kappa shape index (κ2) is 6.15. The molecule has 3 aliphatic heterocycles. The van der Waals surface area contributed by atoms with Gasteiger partial charge in [-0.25, -0.2) is 0 Å². The van der Waals surface area contributed by atoms with Crippen LogP contribution in [0.4, 0.5) is 5.88 Å². The fraction of sp³-hybridized carbons (Fsp3) is 0.500. The number of amides is 2. The first-order valence-electron chi connectivity index (χ1n) is 8.68. The molecule has 1 unspecified atom stereocenters. The molecule has 0 radical (unpaired) electrons. The fourth-order valence-electron chi connectivity index (χ4n) is 3.73. The summed E-state index contributed by atoms with van der Waals surface area (Å²) in [7, 11) is 1.65. The smallest absolute Gasteiger partial charge is 0.270 e. The van der Waals surface area contributed by atoms with Crippen LogP contribution in [0.25, 0.3) is 11.0 Å². The summed E-state index contributed by atoms with van der Waals surface area (Å²) in [6.07, 6.45) is 3.91. The summed E-state index contributed by atoms with van der Waals surface area (Å²) in [6.45, 7) is 4.67. The van der Waals surface area contributed by atoms with E-state index in [9.17, 15) is 9.59 Å². The van der Waals surface area contributed by atoms with Gasteiger partial charge in [-0.05, 0) is 31.8 Å². The van der Waals surface area contributed by atoms with Crippen molar-refractivity contribution in [2.24, 2.45) is 5.92 Å². The van der Waals surface area contributed by atoms with Crippen LogP contribution in [0.1, 0.15) is 30.3 Å². The Morgan fingerprint density at radius 2 is 2.08 bits per heavy atom. The molecule has 0 aliphatic carbocycles. The van der Waals surface area contributed by atoms with Crippen molar-refractivity contribution in [1.82, 2.24) is 15.2 Å². The van der Waals surface area contributed by atoms with E-state index in [1.165, 1.54) is 11.8 Å². The zero-order chi connectivity index (χ0) is 17.6. The Labute approximate surface area is 146 Å². The third-order valence-corrected chi connectivity index (χ3v) is 5.40. The molecule has 3 saturated heterocycles. The van der Waals surface area contributed by atoms with Crippen molar-refractivity contribution in [2.75, 3.05) is 31.6 Å². The summed E-state index contributed by atoms with van der Waals surface area (Å²) in [5.74, 6) is 0.724. The van der Waals surface area contributed by atoms with E-state index in [4.69, 9.17) is 4.42 Å². The summed E-state index contributed by atoms with van der Waals surface area (Å²) < 4.78 is 5.70. The minimum absolute atomic E-state index is 0.118. The molecule has 3 aliphatic rings. The molecule has 7 heteroatoms. The number of aromatic nitrogens is 1. The normalized spacial score (nSPS) is 25.1. The number of nitrogens with one attached hydrogen (secondary N) is 1. The zero-order valence-electron chi connectivity index (χ0n) is 14.5. The average molecular weight is 342 g/mol. The maximum absolute atomic E-state index is 12.6. The van der Waals surface area contributed by atoms with Gasteiger partial charge in [0.15, 0.2) is 0 Å². The monoisotopic (exact) mass is 342 g/mol. The van der Waals surface area contributed by atoms with Gasteiger partial charge in [0.25, 0.3) is 5.91 Å². The number of nitrogens with zero attached hydrogens (tertiary/aromatic N) is 3. The molecule has 3 fully saturated rings. The van der Waals surface area contributed by atoms with E-state index >= 15 is 0 Å². The van der Waals surface area contributed by atoms with Gasteiger partial charge in [0.1, 0.15) is 11.3 Å². The molecule has 7 nitrogen and oxygen atoms in total. The van der Waals surface area contributed by atoms with Crippen LogP contribution in [0.3, 0.4) is 0 Å². The van der Waals surface area contributed by atoms with Crippen LogP contribution >= 0.6 is 0 Å². The van der Waals surface area contributed by atoms with E-state index in [0.717, 1.165) is 37.9 Å². The van der Waals surface area contributed by atoms with Crippen molar-refractivity contribution in [1.29, 1.82) is 0 Å².